The quantitative estimate of drug-likeness (QED) is 0.771. The SMILES string of the molecule is CNc1ccc(-c2ccc(-c3cncc(OC)c3)cc2O)nn1. The van der Waals surface area contributed by atoms with Crippen LogP contribution in [0, 0.1) is 0 Å². The molecular formula is C17H16N4O2. The molecule has 0 bridgehead atoms. The molecule has 0 aliphatic rings. The Morgan fingerprint density at radius 2 is 1.87 bits per heavy atom. The average molecular weight is 308 g/mol. The second kappa shape index (κ2) is 6.31. The van der Waals surface area contributed by atoms with E-state index >= 15 is 0 Å². The molecule has 0 aliphatic heterocycles. The summed E-state index contributed by atoms with van der Waals surface area (Å²) in [4.78, 5) is 4.13. The summed E-state index contributed by atoms with van der Waals surface area (Å²) in [6.45, 7) is 0. The number of anilines is 1. The molecule has 116 valence electrons. The Bertz CT molecular complexity index is 819. The van der Waals surface area contributed by atoms with Crippen molar-refractivity contribution in [3.05, 3.63) is 48.8 Å². The fourth-order valence-electron chi connectivity index (χ4n) is 2.23. The smallest absolute Gasteiger partial charge is 0.148 e. The molecule has 0 saturated heterocycles. The minimum atomic E-state index is 0.136. The van der Waals surface area contributed by atoms with Gasteiger partial charge in [0.2, 0.25) is 0 Å². The Balaban J connectivity index is 1.96. The molecule has 0 atom stereocenters. The first-order valence-electron chi connectivity index (χ1n) is 7.05. The van der Waals surface area contributed by atoms with Crippen molar-refractivity contribution in [2.24, 2.45) is 0 Å². The number of pyridine rings is 1. The zero-order valence-electron chi connectivity index (χ0n) is 12.8. The maximum absolute atomic E-state index is 10.3. The monoisotopic (exact) mass is 308 g/mol. The predicted molar refractivity (Wildman–Crippen MR) is 88.5 cm³/mol. The lowest BCUT2D eigenvalue weighted by molar-refractivity contribution is 0.413. The highest BCUT2D eigenvalue weighted by Gasteiger charge is 2.09. The van der Waals surface area contributed by atoms with Gasteiger partial charge in [0.15, 0.2) is 0 Å². The first kappa shape index (κ1) is 14.8. The molecule has 2 aromatic heterocycles. The number of nitrogens with zero attached hydrogens (tertiary/aromatic N) is 3. The molecule has 0 saturated carbocycles. The van der Waals surface area contributed by atoms with Gasteiger partial charge in [0, 0.05) is 24.4 Å². The second-order valence-electron chi connectivity index (χ2n) is 4.90. The lowest BCUT2D eigenvalue weighted by Crippen LogP contribution is -1.95. The van der Waals surface area contributed by atoms with Gasteiger partial charge >= 0.3 is 0 Å². The van der Waals surface area contributed by atoms with Crippen molar-refractivity contribution >= 4 is 5.82 Å². The summed E-state index contributed by atoms with van der Waals surface area (Å²) in [5.41, 5.74) is 2.94. The Morgan fingerprint density at radius 3 is 2.52 bits per heavy atom. The van der Waals surface area contributed by atoms with Gasteiger partial charge in [0.05, 0.1) is 19.0 Å². The molecule has 6 heteroatoms. The van der Waals surface area contributed by atoms with Gasteiger partial charge in [-0.3, -0.25) is 4.98 Å². The summed E-state index contributed by atoms with van der Waals surface area (Å²) in [5.74, 6) is 1.48. The van der Waals surface area contributed by atoms with Crippen LogP contribution in [0.1, 0.15) is 0 Å². The molecule has 23 heavy (non-hydrogen) atoms. The number of hydrogen-bond acceptors (Lipinski definition) is 6. The Kier molecular flexibility index (Phi) is 4.05. The topological polar surface area (TPSA) is 80.2 Å². The van der Waals surface area contributed by atoms with Gasteiger partial charge in [-0.15, -0.1) is 10.2 Å². The van der Waals surface area contributed by atoms with Crippen LogP contribution in [0.2, 0.25) is 0 Å². The minimum Gasteiger partial charge on any atom is -0.507 e. The lowest BCUT2D eigenvalue weighted by Gasteiger charge is -2.08. The number of rotatable bonds is 4. The number of phenolic OH excluding ortho intramolecular Hbond substituents is 1. The summed E-state index contributed by atoms with van der Waals surface area (Å²) in [6.07, 6.45) is 3.36. The van der Waals surface area contributed by atoms with Crippen LogP contribution >= 0.6 is 0 Å². The van der Waals surface area contributed by atoms with E-state index in [9.17, 15) is 5.11 Å². The first-order valence-corrected chi connectivity index (χ1v) is 7.05. The van der Waals surface area contributed by atoms with E-state index < -0.39 is 0 Å². The van der Waals surface area contributed by atoms with E-state index in [0.717, 1.165) is 11.1 Å². The predicted octanol–water partition coefficient (Wildman–Crippen LogP) is 2.96. The molecule has 1 aromatic carbocycles. The molecule has 0 aliphatic carbocycles. The highest BCUT2D eigenvalue weighted by Crippen LogP contribution is 2.33. The second-order valence-corrected chi connectivity index (χ2v) is 4.90. The van der Waals surface area contributed by atoms with Crippen molar-refractivity contribution in [1.29, 1.82) is 0 Å². The molecule has 0 spiro atoms. The number of ether oxygens (including phenoxy) is 1. The van der Waals surface area contributed by atoms with E-state index in [1.54, 1.807) is 38.7 Å². The number of hydrogen-bond donors (Lipinski definition) is 2. The lowest BCUT2D eigenvalue weighted by atomic mass is 10.0. The number of benzene rings is 1. The molecule has 0 fully saturated rings. The number of nitrogens with one attached hydrogen (secondary N) is 1. The Labute approximate surface area is 133 Å². The van der Waals surface area contributed by atoms with E-state index in [1.807, 2.05) is 24.3 Å². The largest absolute Gasteiger partial charge is 0.507 e. The van der Waals surface area contributed by atoms with Gasteiger partial charge in [-0.05, 0) is 35.9 Å². The van der Waals surface area contributed by atoms with Crippen LogP contribution in [0.4, 0.5) is 5.82 Å². The maximum atomic E-state index is 10.3. The fourth-order valence-corrected chi connectivity index (χ4v) is 2.23. The third-order valence-electron chi connectivity index (χ3n) is 3.48. The van der Waals surface area contributed by atoms with Crippen LogP contribution < -0.4 is 10.1 Å². The maximum Gasteiger partial charge on any atom is 0.148 e. The van der Waals surface area contributed by atoms with Gasteiger partial charge in [0.25, 0.3) is 0 Å². The van der Waals surface area contributed by atoms with Crippen LogP contribution in [-0.2, 0) is 0 Å². The molecular weight excluding hydrogens is 292 g/mol. The van der Waals surface area contributed by atoms with Crippen molar-refractivity contribution in [3.63, 3.8) is 0 Å². The van der Waals surface area contributed by atoms with Gasteiger partial charge < -0.3 is 15.2 Å². The van der Waals surface area contributed by atoms with E-state index in [1.165, 1.54) is 0 Å². The molecule has 0 radical (unpaired) electrons. The summed E-state index contributed by atoms with van der Waals surface area (Å²) < 4.78 is 5.17. The molecule has 2 N–H and O–H groups in total. The molecule has 3 rings (SSSR count). The fraction of sp³-hybridized carbons (Fsp3) is 0.118. The number of phenols is 1. The number of aromatic hydroxyl groups is 1. The number of methoxy groups -OCH3 is 1. The van der Waals surface area contributed by atoms with E-state index in [2.05, 4.69) is 20.5 Å². The normalized spacial score (nSPS) is 10.3. The molecule has 6 nitrogen and oxygen atoms in total. The summed E-state index contributed by atoms with van der Waals surface area (Å²) in [6, 6.07) is 10.9. The van der Waals surface area contributed by atoms with Crippen LogP contribution in [0.3, 0.4) is 0 Å². The Hall–Kier alpha value is -3.15. The molecule has 0 unspecified atom stereocenters. The zero-order valence-corrected chi connectivity index (χ0v) is 12.8. The first-order chi connectivity index (χ1) is 11.2. The Morgan fingerprint density at radius 1 is 1.00 bits per heavy atom. The highest BCUT2D eigenvalue weighted by atomic mass is 16.5. The van der Waals surface area contributed by atoms with Crippen molar-refractivity contribution in [3.8, 4) is 33.9 Å². The van der Waals surface area contributed by atoms with Crippen molar-refractivity contribution in [2.45, 2.75) is 0 Å². The van der Waals surface area contributed by atoms with Crippen LogP contribution in [0.15, 0.2) is 48.8 Å². The highest BCUT2D eigenvalue weighted by molar-refractivity contribution is 5.74. The van der Waals surface area contributed by atoms with E-state index in [0.29, 0.717) is 22.8 Å². The minimum absolute atomic E-state index is 0.136. The van der Waals surface area contributed by atoms with Crippen LogP contribution in [-0.4, -0.2) is 34.4 Å². The van der Waals surface area contributed by atoms with Crippen molar-refractivity contribution in [1.82, 2.24) is 15.2 Å². The third kappa shape index (κ3) is 3.06. The van der Waals surface area contributed by atoms with Crippen LogP contribution in [0.25, 0.3) is 22.4 Å². The molecule has 0 amide bonds. The number of aromatic nitrogens is 3. The van der Waals surface area contributed by atoms with Crippen molar-refractivity contribution < 1.29 is 9.84 Å². The third-order valence-corrected chi connectivity index (χ3v) is 3.48. The summed E-state index contributed by atoms with van der Waals surface area (Å²) >= 11 is 0. The zero-order chi connectivity index (χ0) is 16.2. The van der Waals surface area contributed by atoms with Gasteiger partial charge in [-0.25, -0.2) is 0 Å². The standard InChI is InChI=1S/C17H16N4O2/c1-18-17-6-5-15(20-21-17)14-4-3-11(8-16(14)22)12-7-13(23-2)10-19-9-12/h3-10,22H,1-2H3,(H,18,21). The molecule has 3 aromatic rings. The van der Waals surface area contributed by atoms with Crippen LogP contribution in [0.5, 0.6) is 11.5 Å². The van der Waals surface area contributed by atoms with Crippen molar-refractivity contribution in [2.75, 3.05) is 19.5 Å². The molecule has 2 heterocycles. The van der Waals surface area contributed by atoms with E-state index in [-0.39, 0.29) is 5.75 Å². The summed E-state index contributed by atoms with van der Waals surface area (Å²) in [7, 11) is 3.37. The summed E-state index contributed by atoms with van der Waals surface area (Å²) in [5, 5.41) is 21.4. The van der Waals surface area contributed by atoms with Gasteiger partial charge in [-0.2, -0.15) is 0 Å². The van der Waals surface area contributed by atoms with Gasteiger partial charge in [0.1, 0.15) is 17.3 Å². The van der Waals surface area contributed by atoms with E-state index in [4.69, 9.17) is 4.74 Å². The average Bonchev–Trinajstić information content (AvgIpc) is 2.62. The van der Waals surface area contributed by atoms with Gasteiger partial charge in [-0.1, -0.05) is 6.07 Å².